The van der Waals surface area contributed by atoms with Crippen LogP contribution < -0.4 is 16.3 Å². The highest BCUT2D eigenvalue weighted by Crippen LogP contribution is 2.18. The predicted molar refractivity (Wildman–Crippen MR) is 124 cm³/mol. The highest BCUT2D eigenvalue weighted by atomic mass is 35.5. The smallest absolute Gasteiger partial charge is 0.360 e. The third-order valence-electron chi connectivity index (χ3n) is 4.42. The molecule has 7 nitrogen and oxygen atoms in total. The number of anilines is 2. The second-order valence-corrected chi connectivity index (χ2v) is 7.47. The van der Waals surface area contributed by atoms with Crippen LogP contribution in [0.3, 0.4) is 0 Å². The lowest BCUT2D eigenvalue weighted by atomic mass is 10.1. The highest BCUT2D eigenvalue weighted by molar-refractivity contribution is 6.31. The molecule has 0 aliphatic carbocycles. The summed E-state index contributed by atoms with van der Waals surface area (Å²) in [6.45, 7) is 3.96. The van der Waals surface area contributed by atoms with Crippen LogP contribution in [0.15, 0.2) is 63.9 Å². The topological polar surface area (TPSA) is 97.6 Å². The van der Waals surface area contributed by atoms with Gasteiger partial charge < -0.3 is 19.8 Å². The maximum absolute atomic E-state index is 12.4. The van der Waals surface area contributed by atoms with Crippen LogP contribution in [0.25, 0.3) is 6.08 Å². The van der Waals surface area contributed by atoms with Crippen LogP contribution in [0.1, 0.15) is 37.6 Å². The van der Waals surface area contributed by atoms with E-state index in [1.165, 1.54) is 25.3 Å². The molecule has 0 saturated carbocycles. The molecule has 0 bridgehead atoms. The van der Waals surface area contributed by atoms with Crippen LogP contribution in [0.5, 0.6) is 0 Å². The number of hydrogen-bond acceptors (Lipinski definition) is 6. The second-order valence-electron chi connectivity index (χ2n) is 7.04. The fourth-order valence-electron chi connectivity index (χ4n) is 3.06. The molecule has 0 aliphatic heterocycles. The van der Waals surface area contributed by atoms with Gasteiger partial charge in [0.05, 0.1) is 7.11 Å². The normalized spacial score (nSPS) is 10.8. The number of methoxy groups -OCH3 is 1. The summed E-state index contributed by atoms with van der Waals surface area (Å²) in [6.07, 6.45) is 2.98. The first-order valence-electron chi connectivity index (χ1n) is 9.61. The van der Waals surface area contributed by atoms with Crippen molar-refractivity contribution >= 4 is 40.9 Å². The van der Waals surface area contributed by atoms with Crippen LogP contribution in [0.4, 0.5) is 11.4 Å². The molecule has 164 valence electrons. The first kappa shape index (κ1) is 22.8. The van der Waals surface area contributed by atoms with Gasteiger partial charge in [-0.15, -0.1) is 0 Å². The number of benzene rings is 2. The van der Waals surface area contributed by atoms with Gasteiger partial charge in [0, 0.05) is 22.5 Å². The Morgan fingerprint density at radius 1 is 1.06 bits per heavy atom. The molecule has 0 spiro atoms. The molecule has 0 fully saturated rings. The summed E-state index contributed by atoms with van der Waals surface area (Å²) in [6, 6.07) is 13.4. The zero-order valence-electron chi connectivity index (χ0n) is 17.7. The van der Waals surface area contributed by atoms with Gasteiger partial charge >= 0.3 is 11.6 Å². The maximum Gasteiger partial charge on any atom is 0.360 e. The van der Waals surface area contributed by atoms with Crippen LogP contribution in [-0.4, -0.2) is 19.0 Å². The van der Waals surface area contributed by atoms with Gasteiger partial charge in [-0.05, 0) is 67.4 Å². The van der Waals surface area contributed by atoms with Crippen molar-refractivity contribution < 1.29 is 18.7 Å². The molecule has 2 aromatic carbocycles. The van der Waals surface area contributed by atoms with Gasteiger partial charge in [0.15, 0.2) is 0 Å². The van der Waals surface area contributed by atoms with Crippen molar-refractivity contribution in [2.75, 3.05) is 17.7 Å². The Morgan fingerprint density at radius 2 is 1.78 bits per heavy atom. The third-order valence-corrected chi connectivity index (χ3v) is 4.66. The lowest BCUT2D eigenvalue weighted by Gasteiger charge is -2.08. The average molecular weight is 453 g/mol. The first-order chi connectivity index (χ1) is 15.3. The van der Waals surface area contributed by atoms with Gasteiger partial charge in [0.2, 0.25) is 0 Å². The molecule has 1 aromatic heterocycles. The van der Waals surface area contributed by atoms with Crippen LogP contribution in [0.2, 0.25) is 5.02 Å². The Hall–Kier alpha value is -3.84. The van der Waals surface area contributed by atoms with E-state index in [4.69, 9.17) is 20.8 Å². The highest BCUT2D eigenvalue weighted by Gasteiger charge is 2.18. The molecule has 3 aromatic rings. The van der Waals surface area contributed by atoms with Crippen molar-refractivity contribution in [2.24, 2.45) is 0 Å². The Bertz CT molecular complexity index is 1240. The quantitative estimate of drug-likeness (QED) is 0.509. The molecule has 32 heavy (non-hydrogen) atoms. The molecular weight excluding hydrogens is 432 g/mol. The summed E-state index contributed by atoms with van der Waals surface area (Å²) in [4.78, 5) is 37.1. The summed E-state index contributed by atoms with van der Waals surface area (Å²) < 4.78 is 10.1. The minimum atomic E-state index is -0.820. The standard InChI is InChI=1S/C24H21ClN2O5/c1-14-9-15(2)11-18(10-14)26-8-7-21-19(23(29)31-3)13-20(24(30)32-21)27-22(28)16-5-4-6-17(25)12-16/h4-13,26H,1-3H3,(H,27,28). The van der Waals surface area contributed by atoms with Crippen LogP contribution >= 0.6 is 11.6 Å². The molecule has 2 N–H and O–H groups in total. The Kier molecular flexibility index (Phi) is 7.12. The van der Waals surface area contributed by atoms with E-state index in [0.29, 0.717) is 5.02 Å². The van der Waals surface area contributed by atoms with E-state index < -0.39 is 17.5 Å². The van der Waals surface area contributed by atoms with Gasteiger partial charge in [-0.2, -0.15) is 0 Å². The molecular formula is C24H21ClN2O5. The lowest BCUT2D eigenvalue weighted by molar-refractivity contribution is 0.0597. The minimum Gasteiger partial charge on any atom is -0.465 e. The number of halogens is 1. The summed E-state index contributed by atoms with van der Waals surface area (Å²) in [5.41, 5.74) is 2.22. The Labute approximate surface area is 189 Å². The zero-order chi connectivity index (χ0) is 23.3. The van der Waals surface area contributed by atoms with Gasteiger partial charge in [-0.3, -0.25) is 4.79 Å². The Balaban J connectivity index is 1.88. The fraction of sp³-hybridized carbons (Fsp3) is 0.125. The minimum absolute atomic E-state index is 0.0144. The van der Waals surface area contributed by atoms with E-state index in [1.807, 2.05) is 32.0 Å². The number of ether oxygens (including phenoxy) is 1. The molecule has 1 amide bonds. The van der Waals surface area contributed by atoms with Crippen molar-refractivity contribution in [1.29, 1.82) is 0 Å². The average Bonchev–Trinajstić information content (AvgIpc) is 2.74. The lowest BCUT2D eigenvalue weighted by Crippen LogP contribution is -2.20. The van der Waals surface area contributed by atoms with Gasteiger partial charge in [-0.1, -0.05) is 23.7 Å². The van der Waals surface area contributed by atoms with Gasteiger partial charge in [0.1, 0.15) is 17.0 Å². The zero-order valence-corrected chi connectivity index (χ0v) is 18.4. The van der Waals surface area contributed by atoms with Crippen LogP contribution in [-0.2, 0) is 4.74 Å². The number of nitrogens with one attached hydrogen (secondary N) is 2. The van der Waals surface area contributed by atoms with E-state index in [-0.39, 0.29) is 22.6 Å². The van der Waals surface area contributed by atoms with Crippen LogP contribution in [0, 0.1) is 13.8 Å². The number of aryl methyl sites for hydroxylation is 2. The molecule has 0 radical (unpaired) electrons. The van der Waals surface area contributed by atoms with E-state index >= 15 is 0 Å². The number of carbonyl (C=O) groups excluding carboxylic acids is 2. The molecule has 0 atom stereocenters. The SMILES string of the molecule is COC(=O)c1cc(NC(=O)c2cccc(Cl)c2)c(=O)oc1C=CNc1cc(C)cc(C)c1. The molecule has 8 heteroatoms. The van der Waals surface area contributed by atoms with Crippen molar-refractivity contribution in [3.8, 4) is 0 Å². The summed E-state index contributed by atoms with van der Waals surface area (Å²) in [7, 11) is 1.21. The summed E-state index contributed by atoms with van der Waals surface area (Å²) in [5, 5.41) is 5.89. The van der Waals surface area contributed by atoms with E-state index in [9.17, 15) is 14.4 Å². The van der Waals surface area contributed by atoms with Crippen molar-refractivity contribution in [2.45, 2.75) is 13.8 Å². The first-order valence-corrected chi connectivity index (χ1v) is 9.99. The van der Waals surface area contributed by atoms with Gasteiger partial charge in [-0.25, -0.2) is 9.59 Å². The third kappa shape index (κ3) is 5.65. The molecule has 0 saturated heterocycles. The number of amides is 1. The number of hydrogen-bond donors (Lipinski definition) is 2. The Morgan fingerprint density at radius 3 is 2.44 bits per heavy atom. The summed E-state index contributed by atoms with van der Waals surface area (Å²) >= 11 is 5.90. The van der Waals surface area contributed by atoms with Crippen molar-refractivity contribution in [3.63, 3.8) is 0 Å². The largest absolute Gasteiger partial charge is 0.465 e. The van der Waals surface area contributed by atoms with Crippen molar-refractivity contribution in [3.05, 3.63) is 98.2 Å². The van der Waals surface area contributed by atoms with E-state index in [1.54, 1.807) is 24.4 Å². The number of carbonyl (C=O) groups is 2. The number of esters is 1. The molecule has 0 unspecified atom stereocenters. The molecule has 3 rings (SSSR count). The van der Waals surface area contributed by atoms with Gasteiger partial charge in [0.25, 0.3) is 5.91 Å². The van der Waals surface area contributed by atoms with Crippen molar-refractivity contribution in [1.82, 2.24) is 0 Å². The summed E-state index contributed by atoms with van der Waals surface area (Å²) in [5.74, 6) is -1.31. The monoisotopic (exact) mass is 452 g/mol. The van der Waals surface area contributed by atoms with E-state index in [2.05, 4.69) is 10.6 Å². The fourth-order valence-corrected chi connectivity index (χ4v) is 3.25. The molecule has 0 aliphatic rings. The number of rotatable bonds is 6. The van der Waals surface area contributed by atoms with E-state index in [0.717, 1.165) is 16.8 Å². The maximum atomic E-state index is 12.4. The molecule has 1 heterocycles. The second kappa shape index (κ2) is 9.98. The predicted octanol–water partition coefficient (Wildman–Crippen LogP) is 5.03.